The van der Waals surface area contributed by atoms with Crippen LogP contribution in [0.25, 0.3) is 0 Å². The highest BCUT2D eigenvalue weighted by atomic mass is 19.1. The predicted octanol–water partition coefficient (Wildman–Crippen LogP) is 3.34. The number of hydrazone groups is 1. The normalized spacial score (nSPS) is 11.2. The van der Waals surface area contributed by atoms with E-state index in [9.17, 15) is 9.18 Å². The van der Waals surface area contributed by atoms with Crippen molar-refractivity contribution in [2.45, 2.75) is 20.3 Å². The lowest BCUT2D eigenvalue weighted by Gasteiger charge is -2.06. The smallest absolute Gasteiger partial charge is 0.259 e. The standard InChI is InChI=1S/C18H20FN3O/c1-3-14-4-6-15(7-5-14)13(2)21-22-18(23)12-20-17-10-8-16(19)9-11-17/h4-11,20H,3,12H2,1-2H3,(H,22,23)/b21-13-. The second-order valence-corrected chi connectivity index (χ2v) is 5.14. The third kappa shape index (κ3) is 5.21. The Bertz CT molecular complexity index is 678. The first-order valence-electron chi connectivity index (χ1n) is 7.50. The molecular formula is C18H20FN3O. The molecular weight excluding hydrogens is 293 g/mol. The first kappa shape index (κ1) is 16.7. The van der Waals surface area contributed by atoms with Crippen molar-refractivity contribution >= 4 is 17.3 Å². The summed E-state index contributed by atoms with van der Waals surface area (Å²) in [5.74, 6) is -0.576. The highest BCUT2D eigenvalue weighted by molar-refractivity contribution is 5.99. The number of nitrogens with zero attached hydrogens (tertiary/aromatic N) is 1. The number of nitrogens with one attached hydrogen (secondary N) is 2. The van der Waals surface area contributed by atoms with E-state index in [2.05, 4.69) is 22.8 Å². The van der Waals surface area contributed by atoms with Crippen molar-refractivity contribution in [1.82, 2.24) is 5.43 Å². The molecule has 2 N–H and O–H groups in total. The Balaban J connectivity index is 1.85. The lowest BCUT2D eigenvalue weighted by molar-refractivity contribution is -0.119. The maximum Gasteiger partial charge on any atom is 0.259 e. The molecule has 0 aliphatic carbocycles. The van der Waals surface area contributed by atoms with E-state index >= 15 is 0 Å². The van der Waals surface area contributed by atoms with Gasteiger partial charge in [0.1, 0.15) is 5.82 Å². The van der Waals surface area contributed by atoms with Gasteiger partial charge in [-0.2, -0.15) is 5.10 Å². The third-order valence-electron chi connectivity index (χ3n) is 3.43. The van der Waals surface area contributed by atoms with E-state index in [1.807, 2.05) is 31.2 Å². The van der Waals surface area contributed by atoms with Crippen LogP contribution in [0, 0.1) is 5.82 Å². The summed E-state index contributed by atoms with van der Waals surface area (Å²) in [5.41, 5.74) is 6.15. The van der Waals surface area contributed by atoms with Crippen LogP contribution in [0.5, 0.6) is 0 Å². The van der Waals surface area contributed by atoms with Gasteiger partial charge in [0.15, 0.2) is 0 Å². The number of carbonyl (C=O) groups excluding carboxylic acids is 1. The second-order valence-electron chi connectivity index (χ2n) is 5.14. The Kier molecular flexibility index (Phi) is 5.86. The Labute approximate surface area is 135 Å². The minimum Gasteiger partial charge on any atom is -0.376 e. The van der Waals surface area contributed by atoms with Gasteiger partial charge in [-0.3, -0.25) is 4.79 Å². The van der Waals surface area contributed by atoms with Crippen molar-refractivity contribution < 1.29 is 9.18 Å². The summed E-state index contributed by atoms with van der Waals surface area (Å²) in [5, 5.41) is 7.00. The fraction of sp³-hybridized carbons (Fsp3) is 0.222. The summed E-state index contributed by atoms with van der Waals surface area (Å²) in [4.78, 5) is 11.8. The van der Waals surface area contributed by atoms with Crippen LogP contribution < -0.4 is 10.7 Å². The second kappa shape index (κ2) is 8.08. The third-order valence-corrected chi connectivity index (χ3v) is 3.43. The van der Waals surface area contributed by atoms with E-state index in [-0.39, 0.29) is 18.3 Å². The lowest BCUT2D eigenvalue weighted by Crippen LogP contribution is -2.26. The molecule has 5 heteroatoms. The largest absolute Gasteiger partial charge is 0.376 e. The first-order chi connectivity index (χ1) is 11.1. The highest BCUT2D eigenvalue weighted by Gasteiger charge is 2.02. The summed E-state index contributed by atoms with van der Waals surface area (Å²) in [6.45, 7) is 4.01. The van der Waals surface area contributed by atoms with Gasteiger partial charge in [-0.1, -0.05) is 31.2 Å². The number of aryl methyl sites for hydroxylation is 1. The lowest BCUT2D eigenvalue weighted by atomic mass is 10.1. The fourth-order valence-corrected chi connectivity index (χ4v) is 1.98. The van der Waals surface area contributed by atoms with Crippen LogP contribution in [-0.2, 0) is 11.2 Å². The molecule has 120 valence electrons. The van der Waals surface area contributed by atoms with Crippen molar-refractivity contribution in [3.05, 3.63) is 65.5 Å². The zero-order valence-electron chi connectivity index (χ0n) is 13.3. The topological polar surface area (TPSA) is 53.5 Å². The van der Waals surface area contributed by atoms with Gasteiger partial charge in [0.25, 0.3) is 5.91 Å². The number of halogens is 1. The van der Waals surface area contributed by atoms with Crippen molar-refractivity contribution in [1.29, 1.82) is 0 Å². The zero-order valence-corrected chi connectivity index (χ0v) is 13.3. The van der Waals surface area contributed by atoms with E-state index < -0.39 is 0 Å². The Hall–Kier alpha value is -2.69. The number of rotatable bonds is 6. The summed E-state index contributed by atoms with van der Waals surface area (Å²) in [6, 6.07) is 13.9. The van der Waals surface area contributed by atoms with Crippen LogP contribution in [-0.4, -0.2) is 18.2 Å². The minimum atomic E-state index is -0.311. The molecule has 4 nitrogen and oxygen atoms in total. The van der Waals surface area contributed by atoms with Crippen LogP contribution >= 0.6 is 0 Å². The van der Waals surface area contributed by atoms with Crippen LogP contribution in [0.2, 0.25) is 0 Å². The Morgan fingerprint density at radius 3 is 2.35 bits per heavy atom. The van der Waals surface area contributed by atoms with Gasteiger partial charge < -0.3 is 5.32 Å². The number of hydrogen-bond acceptors (Lipinski definition) is 3. The summed E-state index contributed by atoms with van der Waals surface area (Å²) >= 11 is 0. The Morgan fingerprint density at radius 2 is 1.74 bits per heavy atom. The number of carbonyl (C=O) groups is 1. The molecule has 2 aromatic rings. The van der Waals surface area contributed by atoms with Crippen molar-refractivity contribution in [2.24, 2.45) is 5.10 Å². The van der Waals surface area contributed by atoms with Gasteiger partial charge >= 0.3 is 0 Å². The van der Waals surface area contributed by atoms with Gasteiger partial charge in [-0.25, -0.2) is 9.82 Å². The average molecular weight is 313 g/mol. The SMILES string of the molecule is CCc1ccc(/C(C)=N\NC(=O)CNc2ccc(F)cc2)cc1. The monoisotopic (exact) mass is 313 g/mol. The zero-order chi connectivity index (χ0) is 16.7. The molecule has 0 saturated carbocycles. The van der Waals surface area contributed by atoms with Crippen LogP contribution in [0.1, 0.15) is 25.0 Å². The molecule has 0 radical (unpaired) electrons. The molecule has 0 bridgehead atoms. The molecule has 0 atom stereocenters. The van der Waals surface area contributed by atoms with Crippen molar-refractivity contribution in [3.8, 4) is 0 Å². The summed E-state index contributed by atoms with van der Waals surface area (Å²) < 4.78 is 12.8. The predicted molar refractivity (Wildman–Crippen MR) is 91.1 cm³/mol. The summed E-state index contributed by atoms with van der Waals surface area (Å²) in [6.07, 6.45) is 0.988. The number of benzene rings is 2. The maximum atomic E-state index is 12.8. The molecule has 0 fully saturated rings. The molecule has 0 aromatic heterocycles. The number of hydrogen-bond donors (Lipinski definition) is 2. The van der Waals surface area contributed by atoms with Gasteiger partial charge in [-0.05, 0) is 48.7 Å². The maximum absolute atomic E-state index is 12.8. The molecule has 2 rings (SSSR count). The molecule has 2 aromatic carbocycles. The van der Waals surface area contributed by atoms with E-state index in [0.717, 1.165) is 17.7 Å². The van der Waals surface area contributed by atoms with Gasteiger partial charge in [0.05, 0.1) is 12.3 Å². The average Bonchev–Trinajstić information content (AvgIpc) is 2.59. The molecule has 0 saturated heterocycles. The summed E-state index contributed by atoms with van der Waals surface area (Å²) in [7, 11) is 0. The molecule has 0 spiro atoms. The number of anilines is 1. The van der Waals surface area contributed by atoms with E-state index in [4.69, 9.17) is 0 Å². The van der Waals surface area contributed by atoms with E-state index in [1.54, 1.807) is 12.1 Å². The molecule has 0 aliphatic rings. The molecule has 1 amide bonds. The molecule has 23 heavy (non-hydrogen) atoms. The van der Waals surface area contributed by atoms with E-state index in [1.165, 1.54) is 17.7 Å². The minimum absolute atomic E-state index is 0.0667. The van der Waals surface area contributed by atoms with Crippen LogP contribution in [0.4, 0.5) is 10.1 Å². The van der Waals surface area contributed by atoms with Gasteiger partial charge in [-0.15, -0.1) is 0 Å². The van der Waals surface area contributed by atoms with Crippen molar-refractivity contribution in [2.75, 3.05) is 11.9 Å². The van der Waals surface area contributed by atoms with Crippen molar-refractivity contribution in [3.63, 3.8) is 0 Å². The van der Waals surface area contributed by atoms with Gasteiger partial charge in [0.2, 0.25) is 0 Å². The highest BCUT2D eigenvalue weighted by Crippen LogP contribution is 2.08. The van der Waals surface area contributed by atoms with Gasteiger partial charge in [0, 0.05) is 5.69 Å². The molecule has 0 aliphatic heterocycles. The molecule has 0 unspecified atom stereocenters. The first-order valence-corrected chi connectivity index (χ1v) is 7.50. The van der Waals surface area contributed by atoms with Crippen LogP contribution in [0.15, 0.2) is 53.6 Å². The molecule has 0 heterocycles. The number of amides is 1. The quantitative estimate of drug-likeness (QED) is 0.635. The Morgan fingerprint density at radius 1 is 1.09 bits per heavy atom. The van der Waals surface area contributed by atoms with Crippen LogP contribution in [0.3, 0.4) is 0 Å². The fourth-order valence-electron chi connectivity index (χ4n) is 1.98. The van der Waals surface area contributed by atoms with E-state index in [0.29, 0.717) is 5.69 Å².